The molecule has 0 aliphatic carbocycles. The number of aliphatic imine (C=N–C) groups is 1. The zero-order valence-corrected chi connectivity index (χ0v) is 15.2. The summed E-state index contributed by atoms with van der Waals surface area (Å²) in [5, 5.41) is 6.51. The first kappa shape index (κ1) is 18.3. The van der Waals surface area contributed by atoms with Gasteiger partial charge in [0.25, 0.3) is 0 Å². The fourth-order valence-electron chi connectivity index (χ4n) is 2.94. The van der Waals surface area contributed by atoms with Crippen molar-refractivity contribution >= 4 is 11.9 Å². The van der Waals surface area contributed by atoms with Gasteiger partial charge in [-0.05, 0) is 44.7 Å². The van der Waals surface area contributed by atoms with Gasteiger partial charge in [-0.25, -0.2) is 4.99 Å². The molecule has 0 spiro atoms. The molecule has 0 radical (unpaired) electrons. The van der Waals surface area contributed by atoms with Crippen LogP contribution in [0.1, 0.15) is 42.9 Å². The minimum atomic E-state index is 0.241. The third kappa shape index (κ3) is 5.55. The van der Waals surface area contributed by atoms with Crippen LogP contribution in [0, 0.1) is 13.8 Å². The lowest BCUT2D eigenvalue weighted by Crippen LogP contribution is -2.39. The molecule has 0 unspecified atom stereocenters. The molecule has 1 amide bonds. The average molecular weight is 330 g/mol. The smallest absolute Gasteiger partial charge is 0.224 e. The van der Waals surface area contributed by atoms with Crippen LogP contribution < -0.4 is 10.6 Å². The van der Waals surface area contributed by atoms with Gasteiger partial charge in [0.2, 0.25) is 5.91 Å². The SMILES string of the molecule is CCNC(=NCc1ccc(C)cc1C)NCCC(=O)N1CCCC1. The minimum absolute atomic E-state index is 0.241. The number of aryl methyl sites for hydroxylation is 2. The van der Waals surface area contributed by atoms with E-state index < -0.39 is 0 Å². The van der Waals surface area contributed by atoms with Crippen LogP contribution in [0.15, 0.2) is 23.2 Å². The molecule has 5 heteroatoms. The second kappa shape index (κ2) is 9.30. The Hall–Kier alpha value is -2.04. The van der Waals surface area contributed by atoms with E-state index in [9.17, 15) is 4.79 Å². The van der Waals surface area contributed by atoms with Crippen LogP contribution in [-0.4, -0.2) is 42.9 Å². The highest BCUT2D eigenvalue weighted by molar-refractivity contribution is 5.81. The van der Waals surface area contributed by atoms with E-state index in [4.69, 9.17) is 0 Å². The molecule has 1 aromatic carbocycles. The van der Waals surface area contributed by atoms with Gasteiger partial charge in [-0.2, -0.15) is 0 Å². The van der Waals surface area contributed by atoms with Crippen molar-refractivity contribution in [3.05, 3.63) is 34.9 Å². The Morgan fingerprint density at radius 1 is 1.21 bits per heavy atom. The molecular weight excluding hydrogens is 300 g/mol. The Kier molecular flexibility index (Phi) is 7.09. The van der Waals surface area contributed by atoms with Crippen LogP contribution in [0.25, 0.3) is 0 Å². The van der Waals surface area contributed by atoms with Crippen molar-refractivity contribution in [1.29, 1.82) is 0 Å². The summed E-state index contributed by atoms with van der Waals surface area (Å²) in [4.78, 5) is 18.7. The number of hydrogen-bond acceptors (Lipinski definition) is 2. The topological polar surface area (TPSA) is 56.7 Å². The van der Waals surface area contributed by atoms with E-state index in [0.717, 1.165) is 38.4 Å². The van der Waals surface area contributed by atoms with E-state index >= 15 is 0 Å². The van der Waals surface area contributed by atoms with Crippen LogP contribution in [0.5, 0.6) is 0 Å². The molecule has 24 heavy (non-hydrogen) atoms. The van der Waals surface area contributed by atoms with Gasteiger partial charge in [0.1, 0.15) is 0 Å². The van der Waals surface area contributed by atoms with Crippen molar-refractivity contribution in [2.45, 2.75) is 46.6 Å². The quantitative estimate of drug-likeness (QED) is 0.622. The molecule has 0 bridgehead atoms. The fraction of sp³-hybridized carbons (Fsp3) is 0.579. The maximum absolute atomic E-state index is 12.1. The number of benzene rings is 1. The number of likely N-dealkylation sites (tertiary alicyclic amines) is 1. The molecule has 1 aromatic rings. The monoisotopic (exact) mass is 330 g/mol. The normalized spacial score (nSPS) is 14.8. The molecule has 5 nitrogen and oxygen atoms in total. The molecule has 132 valence electrons. The average Bonchev–Trinajstić information content (AvgIpc) is 3.08. The summed E-state index contributed by atoms with van der Waals surface area (Å²) in [7, 11) is 0. The van der Waals surface area contributed by atoms with Crippen LogP contribution in [0.2, 0.25) is 0 Å². The number of amides is 1. The van der Waals surface area contributed by atoms with E-state index in [0.29, 0.717) is 19.5 Å². The van der Waals surface area contributed by atoms with Gasteiger partial charge in [0, 0.05) is 32.6 Å². The maximum Gasteiger partial charge on any atom is 0.224 e. The second-order valence-corrected chi connectivity index (χ2v) is 6.39. The van der Waals surface area contributed by atoms with Gasteiger partial charge >= 0.3 is 0 Å². The molecule has 1 aliphatic rings. The standard InChI is InChI=1S/C19H30N4O/c1-4-20-19(21-10-9-18(24)23-11-5-6-12-23)22-14-17-8-7-15(2)13-16(17)3/h7-8,13H,4-6,9-12,14H2,1-3H3,(H2,20,21,22). The lowest BCUT2D eigenvalue weighted by atomic mass is 10.1. The highest BCUT2D eigenvalue weighted by atomic mass is 16.2. The summed E-state index contributed by atoms with van der Waals surface area (Å²) in [6, 6.07) is 6.43. The molecule has 1 saturated heterocycles. The van der Waals surface area contributed by atoms with E-state index in [-0.39, 0.29) is 5.91 Å². The van der Waals surface area contributed by atoms with Gasteiger partial charge < -0.3 is 15.5 Å². The lowest BCUT2D eigenvalue weighted by molar-refractivity contribution is -0.129. The number of guanidine groups is 1. The van der Waals surface area contributed by atoms with Crippen molar-refractivity contribution in [2.24, 2.45) is 4.99 Å². The lowest BCUT2D eigenvalue weighted by Gasteiger charge is -2.16. The van der Waals surface area contributed by atoms with Crippen LogP contribution in [-0.2, 0) is 11.3 Å². The number of nitrogens with zero attached hydrogens (tertiary/aromatic N) is 2. The number of rotatable bonds is 6. The predicted octanol–water partition coefficient (Wildman–Crippen LogP) is 2.37. The van der Waals surface area contributed by atoms with E-state index in [1.54, 1.807) is 0 Å². The summed E-state index contributed by atoms with van der Waals surface area (Å²) >= 11 is 0. The molecule has 1 fully saturated rings. The van der Waals surface area contributed by atoms with Crippen molar-refractivity contribution in [2.75, 3.05) is 26.2 Å². The van der Waals surface area contributed by atoms with Crippen molar-refractivity contribution in [3.63, 3.8) is 0 Å². The van der Waals surface area contributed by atoms with Crippen molar-refractivity contribution in [1.82, 2.24) is 15.5 Å². The first-order valence-corrected chi connectivity index (χ1v) is 8.96. The van der Waals surface area contributed by atoms with Gasteiger partial charge in [-0.15, -0.1) is 0 Å². The van der Waals surface area contributed by atoms with E-state index in [2.05, 4.69) is 47.7 Å². The van der Waals surface area contributed by atoms with E-state index in [1.807, 2.05) is 11.8 Å². The number of nitrogens with one attached hydrogen (secondary N) is 2. The third-order valence-corrected chi connectivity index (χ3v) is 4.34. The molecule has 0 aromatic heterocycles. The predicted molar refractivity (Wildman–Crippen MR) is 99.2 cm³/mol. The summed E-state index contributed by atoms with van der Waals surface area (Å²) in [5.41, 5.74) is 3.76. The van der Waals surface area contributed by atoms with Gasteiger partial charge in [0.05, 0.1) is 6.54 Å². The number of carbonyl (C=O) groups is 1. The molecule has 2 N–H and O–H groups in total. The first-order valence-electron chi connectivity index (χ1n) is 8.96. The highest BCUT2D eigenvalue weighted by Gasteiger charge is 2.17. The van der Waals surface area contributed by atoms with Gasteiger partial charge in [0.15, 0.2) is 5.96 Å². The first-order chi connectivity index (χ1) is 11.6. The number of hydrogen-bond donors (Lipinski definition) is 2. The Bertz CT molecular complexity index is 577. The van der Waals surface area contributed by atoms with Crippen LogP contribution in [0.4, 0.5) is 0 Å². The molecule has 1 heterocycles. The summed E-state index contributed by atoms with van der Waals surface area (Å²) in [6.07, 6.45) is 2.80. The number of carbonyl (C=O) groups excluding carboxylic acids is 1. The van der Waals surface area contributed by atoms with Crippen LogP contribution >= 0.6 is 0 Å². The molecule has 0 atom stereocenters. The minimum Gasteiger partial charge on any atom is -0.357 e. The maximum atomic E-state index is 12.1. The van der Waals surface area contributed by atoms with Gasteiger partial charge in [-0.3, -0.25) is 4.79 Å². The molecule has 2 rings (SSSR count). The highest BCUT2D eigenvalue weighted by Crippen LogP contribution is 2.11. The Balaban J connectivity index is 1.84. The van der Waals surface area contributed by atoms with Crippen molar-refractivity contribution < 1.29 is 4.79 Å². The Morgan fingerprint density at radius 3 is 2.62 bits per heavy atom. The summed E-state index contributed by atoms with van der Waals surface area (Å²) in [6.45, 7) is 10.2. The summed E-state index contributed by atoms with van der Waals surface area (Å²) in [5.74, 6) is 1.01. The van der Waals surface area contributed by atoms with E-state index in [1.165, 1.54) is 16.7 Å². The Morgan fingerprint density at radius 2 is 1.96 bits per heavy atom. The fourth-order valence-corrected chi connectivity index (χ4v) is 2.94. The third-order valence-electron chi connectivity index (χ3n) is 4.34. The molecular formula is C19H30N4O. The van der Waals surface area contributed by atoms with Crippen LogP contribution in [0.3, 0.4) is 0 Å². The summed E-state index contributed by atoms with van der Waals surface area (Å²) < 4.78 is 0. The zero-order valence-electron chi connectivity index (χ0n) is 15.2. The molecule has 1 aliphatic heterocycles. The Labute approximate surface area is 145 Å². The van der Waals surface area contributed by atoms with Crippen molar-refractivity contribution in [3.8, 4) is 0 Å². The second-order valence-electron chi connectivity index (χ2n) is 6.39. The largest absolute Gasteiger partial charge is 0.357 e. The zero-order chi connectivity index (χ0) is 17.4. The molecule has 0 saturated carbocycles. The van der Waals surface area contributed by atoms with Gasteiger partial charge in [-0.1, -0.05) is 23.8 Å².